The van der Waals surface area contributed by atoms with Gasteiger partial charge in [0.05, 0.1) is 36.6 Å². The van der Waals surface area contributed by atoms with E-state index in [1.54, 1.807) is 31.1 Å². The molecule has 3 heterocycles. The maximum absolute atomic E-state index is 15.0. The van der Waals surface area contributed by atoms with Gasteiger partial charge in [-0.2, -0.15) is 5.26 Å². The van der Waals surface area contributed by atoms with Crippen molar-refractivity contribution in [3.05, 3.63) is 76.5 Å². The van der Waals surface area contributed by atoms with Gasteiger partial charge in [0.2, 0.25) is 5.91 Å². The van der Waals surface area contributed by atoms with Crippen molar-refractivity contribution in [2.45, 2.75) is 38.3 Å². The first-order valence-electron chi connectivity index (χ1n) is 12.3. The minimum atomic E-state index is -0.831. The van der Waals surface area contributed by atoms with Gasteiger partial charge < -0.3 is 19.9 Å². The summed E-state index contributed by atoms with van der Waals surface area (Å²) in [6, 6.07) is 13.7. The minimum absolute atomic E-state index is 0.00654. The van der Waals surface area contributed by atoms with Crippen molar-refractivity contribution in [2.24, 2.45) is 0 Å². The zero-order valence-electron chi connectivity index (χ0n) is 21.4. The Morgan fingerprint density at radius 3 is 2.70 bits per heavy atom. The van der Waals surface area contributed by atoms with Crippen LogP contribution >= 0.6 is 0 Å². The van der Waals surface area contributed by atoms with Crippen LogP contribution in [0.15, 0.2) is 42.5 Å². The van der Waals surface area contributed by atoms with E-state index in [9.17, 15) is 14.4 Å². The lowest BCUT2D eigenvalue weighted by Crippen LogP contribution is -2.53. The molecule has 1 amide bonds. The van der Waals surface area contributed by atoms with E-state index in [-0.39, 0.29) is 18.0 Å². The number of amides is 1. The number of ether oxygens (including phenoxy) is 1. The number of likely N-dealkylation sites (N-methyl/N-ethyl adjacent to an activating group) is 1. The lowest BCUT2D eigenvalue weighted by molar-refractivity contribution is -0.124. The van der Waals surface area contributed by atoms with Gasteiger partial charge in [-0.05, 0) is 52.1 Å². The van der Waals surface area contributed by atoms with Gasteiger partial charge >= 0.3 is 0 Å². The molecular formula is C28H29FN6O2. The molecule has 2 aliphatic rings. The fourth-order valence-corrected chi connectivity index (χ4v) is 5.52. The number of aromatic nitrogens is 2. The highest BCUT2D eigenvalue weighted by Crippen LogP contribution is 2.45. The summed E-state index contributed by atoms with van der Waals surface area (Å²) in [7, 11) is 3.59. The first kappa shape index (κ1) is 24.7. The first-order chi connectivity index (χ1) is 17.8. The van der Waals surface area contributed by atoms with E-state index in [1.807, 2.05) is 44.3 Å². The van der Waals surface area contributed by atoms with Crippen molar-refractivity contribution < 1.29 is 13.9 Å². The minimum Gasteiger partial charge on any atom is -0.495 e. The van der Waals surface area contributed by atoms with Gasteiger partial charge in [0, 0.05) is 17.7 Å². The number of para-hydroxylation sites is 2. The molecule has 2 atom stereocenters. The highest BCUT2D eigenvalue weighted by Gasteiger charge is 2.53. The van der Waals surface area contributed by atoms with E-state index < -0.39 is 17.3 Å². The zero-order valence-corrected chi connectivity index (χ0v) is 21.4. The largest absolute Gasteiger partial charge is 0.495 e. The van der Waals surface area contributed by atoms with Crippen LogP contribution < -0.4 is 15.0 Å². The normalized spacial score (nSPS) is 20.0. The molecule has 1 aromatic heterocycles. The van der Waals surface area contributed by atoms with Crippen molar-refractivity contribution in [3.8, 4) is 11.8 Å². The van der Waals surface area contributed by atoms with E-state index in [2.05, 4.69) is 10.2 Å². The molecule has 1 N–H and O–H groups in total. The maximum atomic E-state index is 15.0. The van der Waals surface area contributed by atoms with Crippen LogP contribution in [-0.4, -0.2) is 48.0 Å². The number of fused-ring (bicyclic) bond motifs is 2. The summed E-state index contributed by atoms with van der Waals surface area (Å²) >= 11 is 0. The number of carbonyl (C=O) groups is 1. The Hall–Kier alpha value is -4.03. The van der Waals surface area contributed by atoms with Crippen molar-refractivity contribution in [3.63, 3.8) is 0 Å². The van der Waals surface area contributed by atoms with Crippen LogP contribution in [0.25, 0.3) is 0 Å². The Kier molecular flexibility index (Phi) is 6.30. The van der Waals surface area contributed by atoms with Crippen LogP contribution in [0.5, 0.6) is 5.75 Å². The second-order valence-electron chi connectivity index (χ2n) is 9.77. The molecule has 37 heavy (non-hydrogen) atoms. The number of halogens is 1. The van der Waals surface area contributed by atoms with E-state index in [1.165, 1.54) is 6.07 Å². The lowest BCUT2D eigenvalue weighted by atomic mass is 9.76. The fraction of sp³-hybridized carbons (Fsp3) is 0.357. The van der Waals surface area contributed by atoms with Crippen molar-refractivity contribution in [1.29, 1.82) is 5.26 Å². The summed E-state index contributed by atoms with van der Waals surface area (Å²) < 4.78 is 20.6. The Bertz CT molecular complexity index is 1420. The SMILES string of the molecule is COc1ccccc1N1Cc2c(N[C@H](C)c3cccc(C#N)c3F)nc(C)nc2C2(CCN(C)C2)C1=O. The summed E-state index contributed by atoms with van der Waals surface area (Å²) in [6.45, 7) is 5.18. The molecule has 0 bridgehead atoms. The van der Waals surface area contributed by atoms with Gasteiger partial charge in [-0.3, -0.25) is 4.79 Å². The zero-order chi connectivity index (χ0) is 26.3. The van der Waals surface area contributed by atoms with Crippen molar-refractivity contribution in [2.75, 3.05) is 37.5 Å². The Morgan fingerprint density at radius 2 is 2.00 bits per heavy atom. The average molecular weight is 501 g/mol. The van der Waals surface area contributed by atoms with E-state index in [4.69, 9.17) is 14.7 Å². The van der Waals surface area contributed by atoms with Crippen LogP contribution in [-0.2, 0) is 16.8 Å². The number of hydrogen-bond donors (Lipinski definition) is 1. The lowest BCUT2D eigenvalue weighted by Gasteiger charge is -2.41. The molecule has 1 spiro atoms. The highest BCUT2D eigenvalue weighted by atomic mass is 19.1. The van der Waals surface area contributed by atoms with Crippen molar-refractivity contribution in [1.82, 2.24) is 14.9 Å². The third-order valence-electron chi connectivity index (χ3n) is 7.35. The third-order valence-corrected chi connectivity index (χ3v) is 7.35. The number of benzene rings is 2. The molecule has 1 unspecified atom stereocenters. The Labute approximate surface area is 215 Å². The summed E-state index contributed by atoms with van der Waals surface area (Å²) in [5, 5.41) is 12.6. The molecule has 2 aliphatic heterocycles. The number of hydrogen-bond acceptors (Lipinski definition) is 7. The van der Waals surface area contributed by atoms with Crippen LogP contribution in [0.4, 0.5) is 15.9 Å². The predicted molar refractivity (Wildman–Crippen MR) is 138 cm³/mol. The molecule has 9 heteroatoms. The van der Waals surface area contributed by atoms with Crippen LogP contribution in [0.1, 0.15) is 47.6 Å². The van der Waals surface area contributed by atoms with Gasteiger partial charge in [0.15, 0.2) is 0 Å². The second kappa shape index (κ2) is 9.45. The molecule has 5 rings (SSSR count). The average Bonchev–Trinajstić information content (AvgIpc) is 3.29. The smallest absolute Gasteiger partial charge is 0.241 e. The standard InChI is InChI=1S/C28H29FN6O2/c1-17(20-9-7-8-19(14-30)24(20)29)31-26-21-15-35(22-10-5-6-11-23(22)37-4)27(36)28(12-13-34(3)16-28)25(21)32-18(2)33-26/h5-11,17H,12-13,15-16H2,1-4H3,(H,31,32,33)/t17-,28?/m1/s1. The van der Waals surface area contributed by atoms with E-state index in [0.29, 0.717) is 41.6 Å². The maximum Gasteiger partial charge on any atom is 0.241 e. The number of carbonyl (C=O) groups excluding carboxylic acids is 1. The summed E-state index contributed by atoms with van der Waals surface area (Å²) in [5.41, 5.74) is 1.74. The Morgan fingerprint density at radius 1 is 1.22 bits per heavy atom. The molecule has 0 aliphatic carbocycles. The van der Waals surface area contributed by atoms with Crippen LogP contribution in [0, 0.1) is 24.1 Å². The fourth-order valence-electron chi connectivity index (χ4n) is 5.52. The highest BCUT2D eigenvalue weighted by molar-refractivity contribution is 6.04. The summed E-state index contributed by atoms with van der Waals surface area (Å²) in [5.74, 6) is 1.13. The number of nitriles is 1. The van der Waals surface area contributed by atoms with E-state index in [0.717, 1.165) is 17.8 Å². The molecule has 0 radical (unpaired) electrons. The molecule has 1 fully saturated rings. The van der Waals surface area contributed by atoms with Crippen molar-refractivity contribution >= 4 is 17.4 Å². The van der Waals surface area contributed by atoms with Gasteiger partial charge in [-0.25, -0.2) is 14.4 Å². The number of methoxy groups -OCH3 is 1. The summed E-state index contributed by atoms with van der Waals surface area (Å²) in [4.78, 5) is 27.6. The quantitative estimate of drug-likeness (QED) is 0.564. The van der Waals surface area contributed by atoms with Crippen LogP contribution in [0.2, 0.25) is 0 Å². The molecule has 8 nitrogen and oxygen atoms in total. The van der Waals surface area contributed by atoms with E-state index >= 15 is 0 Å². The number of anilines is 2. The van der Waals surface area contributed by atoms with Crippen LogP contribution in [0.3, 0.4) is 0 Å². The number of rotatable bonds is 5. The molecule has 2 aromatic carbocycles. The van der Waals surface area contributed by atoms with Gasteiger partial charge in [-0.1, -0.05) is 24.3 Å². The predicted octanol–water partition coefficient (Wildman–Crippen LogP) is 4.10. The summed E-state index contributed by atoms with van der Waals surface area (Å²) in [6.07, 6.45) is 0.630. The first-order valence-corrected chi connectivity index (χ1v) is 12.3. The molecule has 190 valence electrons. The molecule has 3 aromatic rings. The topological polar surface area (TPSA) is 94.4 Å². The monoisotopic (exact) mass is 500 g/mol. The number of nitrogens with zero attached hydrogens (tertiary/aromatic N) is 5. The molecule has 0 saturated carbocycles. The number of nitrogens with one attached hydrogen (secondary N) is 1. The second-order valence-corrected chi connectivity index (χ2v) is 9.77. The van der Waals surface area contributed by atoms with Gasteiger partial charge in [0.1, 0.15) is 34.7 Å². The third kappa shape index (κ3) is 4.07. The number of aryl methyl sites for hydroxylation is 1. The van der Waals surface area contributed by atoms with Gasteiger partial charge in [-0.15, -0.1) is 0 Å². The Balaban J connectivity index is 1.64. The number of likely N-dealkylation sites (tertiary alicyclic amines) is 1. The molecule has 1 saturated heterocycles. The van der Waals surface area contributed by atoms with Gasteiger partial charge in [0.25, 0.3) is 0 Å². The molecular weight excluding hydrogens is 471 g/mol.